The molecule has 1 aromatic heterocycles. The van der Waals surface area contributed by atoms with Crippen LogP contribution in [0.1, 0.15) is 12.0 Å². The summed E-state index contributed by atoms with van der Waals surface area (Å²) >= 11 is 0. The smallest absolute Gasteiger partial charge is 0.142 e. The first-order valence-electron chi connectivity index (χ1n) is 6.63. The molecule has 0 spiro atoms. The largest absolute Gasteiger partial charge is 0.491 e. The number of hydrogen-bond acceptors (Lipinski definition) is 4. The molecule has 1 aliphatic rings. The van der Waals surface area contributed by atoms with Crippen molar-refractivity contribution in [3.8, 4) is 5.75 Å². The lowest BCUT2D eigenvalue weighted by Crippen LogP contribution is -2.21. The van der Waals surface area contributed by atoms with Crippen LogP contribution in [0.2, 0.25) is 0 Å². The van der Waals surface area contributed by atoms with E-state index in [0.29, 0.717) is 18.0 Å². The Kier molecular flexibility index (Phi) is 3.52. The van der Waals surface area contributed by atoms with E-state index in [-0.39, 0.29) is 12.4 Å². The number of para-hydroxylation sites is 2. The lowest BCUT2D eigenvalue weighted by molar-refractivity contribution is 0.322. The number of halogens is 1. The van der Waals surface area contributed by atoms with Crippen LogP contribution in [-0.4, -0.2) is 18.1 Å². The van der Waals surface area contributed by atoms with Gasteiger partial charge in [-0.2, -0.15) is 0 Å². The fraction of sp³-hybridized carbons (Fsp3) is 0.267. The maximum Gasteiger partial charge on any atom is 0.142 e. The Morgan fingerprint density at radius 2 is 2.20 bits per heavy atom. The summed E-state index contributed by atoms with van der Waals surface area (Å²) in [5, 5.41) is 0. The van der Waals surface area contributed by atoms with Gasteiger partial charge in [-0.05, 0) is 24.6 Å². The van der Waals surface area contributed by atoms with Gasteiger partial charge in [0.05, 0.1) is 18.5 Å². The highest BCUT2D eigenvalue weighted by atomic mass is 19.1. The molecule has 5 heteroatoms. The van der Waals surface area contributed by atoms with Crippen molar-refractivity contribution >= 4 is 11.5 Å². The first-order valence-corrected chi connectivity index (χ1v) is 6.63. The van der Waals surface area contributed by atoms with Crippen molar-refractivity contribution < 1.29 is 9.13 Å². The number of aromatic nitrogens is 1. The van der Waals surface area contributed by atoms with Crippen LogP contribution in [0.25, 0.3) is 0 Å². The second kappa shape index (κ2) is 5.46. The van der Waals surface area contributed by atoms with E-state index >= 15 is 0 Å². The molecule has 3 rings (SSSR count). The van der Waals surface area contributed by atoms with Crippen molar-refractivity contribution in [2.45, 2.75) is 13.0 Å². The average Bonchev–Trinajstić information content (AvgIpc) is 2.69. The van der Waals surface area contributed by atoms with Crippen molar-refractivity contribution in [2.24, 2.45) is 5.73 Å². The molecule has 0 amide bonds. The highest BCUT2D eigenvalue weighted by Crippen LogP contribution is 2.36. The normalized spacial score (nSPS) is 14.4. The standard InChI is InChI=1S/C15H16FN3O/c16-12-8-11(9-17)15(18-10-12)19-6-3-7-20-14-5-2-1-4-13(14)19/h1-2,4-5,8,10H,3,6-7,9,17H2. The summed E-state index contributed by atoms with van der Waals surface area (Å²) in [6, 6.07) is 9.23. The number of benzene rings is 1. The van der Waals surface area contributed by atoms with Crippen LogP contribution < -0.4 is 15.4 Å². The van der Waals surface area contributed by atoms with Crippen LogP contribution in [0, 0.1) is 5.82 Å². The van der Waals surface area contributed by atoms with Crippen molar-refractivity contribution in [3.63, 3.8) is 0 Å². The monoisotopic (exact) mass is 273 g/mol. The van der Waals surface area contributed by atoms with Gasteiger partial charge in [0.25, 0.3) is 0 Å². The topological polar surface area (TPSA) is 51.4 Å². The van der Waals surface area contributed by atoms with Gasteiger partial charge in [0, 0.05) is 18.7 Å². The average molecular weight is 273 g/mol. The van der Waals surface area contributed by atoms with E-state index in [2.05, 4.69) is 4.98 Å². The van der Waals surface area contributed by atoms with Crippen molar-refractivity contribution in [2.75, 3.05) is 18.1 Å². The number of nitrogens with two attached hydrogens (primary N) is 1. The molecule has 104 valence electrons. The van der Waals surface area contributed by atoms with Gasteiger partial charge in [-0.3, -0.25) is 0 Å². The Morgan fingerprint density at radius 3 is 3.05 bits per heavy atom. The summed E-state index contributed by atoms with van der Waals surface area (Å²) in [6.07, 6.45) is 2.10. The molecular formula is C15H16FN3O. The zero-order valence-electron chi connectivity index (χ0n) is 11.1. The molecular weight excluding hydrogens is 257 g/mol. The van der Waals surface area contributed by atoms with Gasteiger partial charge in [-0.1, -0.05) is 12.1 Å². The molecule has 2 heterocycles. The Hall–Kier alpha value is -2.14. The predicted octanol–water partition coefficient (Wildman–Crippen LogP) is 2.60. The number of hydrogen-bond donors (Lipinski definition) is 1. The summed E-state index contributed by atoms with van der Waals surface area (Å²) < 4.78 is 19.0. The first-order chi connectivity index (χ1) is 9.79. The second-order valence-electron chi connectivity index (χ2n) is 4.66. The first kappa shape index (κ1) is 12.9. The Bertz CT molecular complexity index is 618. The molecule has 4 nitrogen and oxygen atoms in total. The van der Waals surface area contributed by atoms with E-state index in [1.165, 1.54) is 12.3 Å². The molecule has 0 bridgehead atoms. The number of anilines is 2. The molecule has 0 saturated carbocycles. The van der Waals surface area contributed by atoms with E-state index in [9.17, 15) is 4.39 Å². The number of fused-ring (bicyclic) bond motifs is 1. The van der Waals surface area contributed by atoms with E-state index in [1.807, 2.05) is 29.2 Å². The minimum Gasteiger partial charge on any atom is -0.491 e. The van der Waals surface area contributed by atoms with Gasteiger partial charge in [0.1, 0.15) is 17.4 Å². The van der Waals surface area contributed by atoms with Gasteiger partial charge < -0.3 is 15.4 Å². The van der Waals surface area contributed by atoms with Gasteiger partial charge in [-0.25, -0.2) is 9.37 Å². The van der Waals surface area contributed by atoms with Crippen LogP contribution in [0.15, 0.2) is 36.5 Å². The molecule has 0 fully saturated rings. The summed E-state index contributed by atoms with van der Waals surface area (Å²) in [7, 11) is 0. The summed E-state index contributed by atoms with van der Waals surface area (Å²) in [6.45, 7) is 1.68. The lowest BCUT2D eigenvalue weighted by atomic mass is 10.2. The van der Waals surface area contributed by atoms with Gasteiger partial charge in [0.2, 0.25) is 0 Å². The maximum absolute atomic E-state index is 13.3. The zero-order valence-corrected chi connectivity index (χ0v) is 11.1. The lowest BCUT2D eigenvalue weighted by Gasteiger charge is -2.24. The Balaban J connectivity index is 2.10. The predicted molar refractivity (Wildman–Crippen MR) is 75.6 cm³/mol. The van der Waals surface area contributed by atoms with Gasteiger partial charge in [-0.15, -0.1) is 0 Å². The van der Waals surface area contributed by atoms with Gasteiger partial charge >= 0.3 is 0 Å². The Labute approximate surface area is 117 Å². The van der Waals surface area contributed by atoms with Crippen molar-refractivity contribution in [1.82, 2.24) is 4.98 Å². The van der Waals surface area contributed by atoms with E-state index < -0.39 is 0 Å². The minimum absolute atomic E-state index is 0.250. The number of ether oxygens (including phenoxy) is 1. The number of nitrogens with zero attached hydrogens (tertiary/aromatic N) is 2. The highest BCUT2D eigenvalue weighted by Gasteiger charge is 2.20. The van der Waals surface area contributed by atoms with Crippen molar-refractivity contribution in [1.29, 1.82) is 0 Å². The molecule has 0 atom stereocenters. The third-order valence-corrected chi connectivity index (χ3v) is 3.32. The molecule has 1 aliphatic heterocycles. The molecule has 0 aliphatic carbocycles. The molecule has 0 radical (unpaired) electrons. The fourth-order valence-corrected chi connectivity index (χ4v) is 2.41. The second-order valence-corrected chi connectivity index (χ2v) is 4.66. The van der Waals surface area contributed by atoms with Crippen LogP contribution in [-0.2, 0) is 6.54 Å². The Morgan fingerprint density at radius 1 is 1.35 bits per heavy atom. The minimum atomic E-state index is -0.367. The van der Waals surface area contributed by atoms with Crippen LogP contribution in [0.3, 0.4) is 0 Å². The SMILES string of the molecule is NCc1cc(F)cnc1N1CCCOc2ccccc21. The van der Waals surface area contributed by atoms with E-state index in [0.717, 1.165) is 24.4 Å². The summed E-state index contributed by atoms with van der Waals surface area (Å²) in [5.74, 6) is 1.15. The van der Waals surface area contributed by atoms with Crippen molar-refractivity contribution in [3.05, 3.63) is 47.9 Å². The van der Waals surface area contributed by atoms with E-state index in [4.69, 9.17) is 10.5 Å². The van der Waals surface area contributed by atoms with Crippen LogP contribution >= 0.6 is 0 Å². The van der Waals surface area contributed by atoms with Crippen LogP contribution in [0.4, 0.5) is 15.9 Å². The quantitative estimate of drug-likeness (QED) is 0.913. The molecule has 0 unspecified atom stereocenters. The maximum atomic E-state index is 13.3. The van der Waals surface area contributed by atoms with E-state index in [1.54, 1.807) is 0 Å². The van der Waals surface area contributed by atoms with Gasteiger partial charge in [0.15, 0.2) is 0 Å². The molecule has 0 saturated heterocycles. The summed E-state index contributed by atoms with van der Waals surface area (Å²) in [5.41, 5.74) is 7.36. The number of rotatable bonds is 2. The molecule has 1 aromatic carbocycles. The zero-order chi connectivity index (χ0) is 13.9. The van der Waals surface area contributed by atoms with Crippen LogP contribution in [0.5, 0.6) is 5.75 Å². The summed E-state index contributed by atoms with van der Waals surface area (Å²) in [4.78, 5) is 6.27. The molecule has 2 aromatic rings. The molecule has 2 N–H and O–H groups in total. The highest BCUT2D eigenvalue weighted by molar-refractivity contribution is 5.69. The fourth-order valence-electron chi connectivity index (χ4n) is 2.41. The third-order valence-electron chi connectivity index (χ3n) is 3.32. The third kappa shape index (κ3) is 2.32. The number of pyridine rings is 1. The molecule has 20 heavy (non-hydrogen) atoms.